The van der Waals surface area contributed by atoms with Crippen LogP contribution in [0.25, 0.3) is 0 Å². The van der Waals surface area contributed by atoms with Crippen LogP contribution in [0.5, 0.6) is 17.2 Å². The summed E-state index contributed by atoms with van der Waals surface area (Å²) >= 11 is 0. The van der Waals surface area contributed by atoms with Gasteiger partial charge in [0.1, 0.15) is 47.8 Å². The van der Waals surface area contributed by atoms with Crippen molar-refractivity contribution >= 4 is 0 Å². The van der Waals surface area contributed by atoms with Gasteiger partial charge in [0.15, 0.2) is 0 Å². The van der Waals surface area contributed by atoms with E-state index < -0.39 is 12.2 Å². The van der Waals surface area contributed by atoms with Gasteiger partial charge < -0.3 is 37.9 Å². The van der Waals surface area contributed by atoms with Crippen LogP contribution < -0.4 is 14.2 Å². The molecule has 27 heavy (non-hydrogen) atoms. The summed E-state index contributed by atoms with van der Waals surface area (Å²) in [5.41, 5.74) is 0.713. The van der Waals surface area contributed by atoms with E-state index in [0.717, 1.165) is 0 Å². The molecule has 8 nitrogen and oxygen atoms in total. The van der Waals surface area contributed by atoms with Crippen LogP contribution in [0.1, 0.15) is 11.7 Å². The van der Waals surface area contributed by atoms with Gasteiger partial charge in [0.25, 0.3) is 0 Å². The lowest BCUT2D eigenvalue weighted by Crippen LogP contribution is -2.57. The van der Waals surface area contributed by atoms with E-state index in [1.165, 1.54) is 0 Å². The second-order valence-corrected chi connectivity index (χ2v) is 6.10. The lowest BCUT2D eigenvalue weighted by molar-refractivity contribution is -0.252. The maximum Gasteiger partial charge on any atom is 0.132 e. The molecule has 0 aromatic heterocycles. The van der Waals surface area contributed by atoms with Gasteiger partial charge in [-0.05, 0) is 0 Å². The Hall–Kier alpha value is -1.58. The topological polar surface area (TPSA) is 73.8 Å². The average Bonchev–Trinajstić information content (AvgIpc) is 2.71. The molecule has 1 fully saturated rings. The minimum atomic E-state index is -0.526. The number of hydrogen-bond acceptors (Lipinski definition) is 8. The second kappa shape index (κ2) is 10.1. The third-order valence-corrected chi connectivity index (χ3v) is 4.82. The summed E-state index contributed by atoms with van der Waals surface area (Å²) in [6.07, 6.45) is -2.08. The minimum Gasteiger partial charge on any atom is -0.496 e. The van der Waals surface area contributed by atoms with Crippen LogP contribution in [0.15, 0.2) is 12.1 Å². The maximum atomic E-state index is 6.35. The highest BCUT2D eigenvalue weighted by molar-refractivity contribution is 5.52. The van der Waals surface area contributed by atoms with E-state index >= 15 is 0 Å². The predicted octanol–water partition coefficient (Wildman–Crippen LogP) is 1.84. The Bertz CT molecular complexity index is 568. The predicted molar refractivity (Wildman–Crippen MR) is 98.0 cm³/mol. The number of methoxy groups -OCH3 is 7. The Kier molecular flexibility index (Phi) is 8.12. The molecule has 1 aliphatic heterocycles. The molecule has 1 heterocycles. The van der Waals surface area contributed by atoms with Crippen molar-refractivity contribution in [1.29, 1.82) is 0 Å². The average molecular weight is 386 g/mol. The third kappa shape index (κ3) is 4.30. The van der Waals surface area contributed by atoms with Crippen molar-refractivity contribution in [3.63, 3.8) is 0 Å². The molecule has 1 aliphatic rings. The van der Waals surface area contributed by atoms with Crippen molar-refractivity contribution in [3.8, 4) is 17.2 Å². The molecule has 0 bridgehead atoms. The van der Waals surface area contributed by atoms with E-state index in [1.807, 2.05) is 0 Å². The van der Waals surface area contributed by atoms with Gasteiger partial charge in [-0.25, -0.2) is 0 Å². The molecule has 0 N–H and O–H groups in total. The van der Waals surface area contributed by atoms with Crippen LogP contribution in [0.4, 0.5) is 0 Å². The van der Waals surface area contributed by atoms with E-state index in [4.69, 9.17) is 37.9 Å². The third-order valence-electron chi connectivity index (χ3n) is 4.82. The summed E-state index contributed by atoms with van der Waals surface area (Å²) in [5.74, 6) is 1.75. The fourth-order valence-electron chi connectivity index (χ4n) is 3.57. The molecule has 0 aliphatic carbocycles. The van der Waals surface area contributed by atoms with Crippen LogP contribution in [0.3, 0.4) is 0 Å². The lowest BCUT2D eigenvalue weighted by atomic mass is 9.89. The summed E-state index contributed by atoms with van der Waals surface area (Å²) in [7, 11) is 11.2. The zero-order valence-corrected chi connectivity index (χ0v) is 17.0. The highest BCUT2D eigenvalue weighted by Gasteiger charge is 2.49. The lowest BCUT2D eigenvalue weighted by Gasteiger charge is -2.45. The van der Waals surface area contributed by atoms with Crippen molar-refractivity contribution in [2.24, 2.45) is 0 Å². The largest absolute Gasteiger partial charge is 0.496 e. The van der Waals surface area contributed by atoms with Crippen LogP contribution >= 0.6 is 0 Å². The zero-order chi connectivity index (χ0) is 20.0. The first-order valence-corrected chi connectivity index (χ1v) is 8.62. The van der Waals surface area contributed by atoms with Gasteiger partial charge in [0, 0.05) is 40.6 Å². The number of hydrogen-bond donors (Lipinski definition) is 0. The molecule has 5 atom stereocenters. The zero-order valence-electron chi connectivity index (χ0n) is 17.0. The van der Waals surface area contributed by atoms with Crippen molar-refractivity contribution in [2.75, 3.05) is 56.4 Å². The summed E-state index contributed by atoms with van der Waals surface area (Å²) in [5, 5.41) is 0. The Labute approximate surface area is 160 Å². The molecule has 1 aromatic rings. The van der Waals surface area contributed by atoms with Gasteiger partial charge in [-0.15, -0.1) is 0 Å². The molecule has 0 unspecified atom stereocenters. The van der Waals surface area contributed by atoms with Crippen molar-refractivity contribution in [2.45, 2.75) is 30.5 Å². The van der Waals surface area contributed by atoms with Gasteiger partial charge in [0.2, 0.25) is 0 Å². The highest BCUT2D eigenvalue weighted by atomic mass is 16.6. The number of ether oxygens (including phenoxy) is 8. The first-order valence-electron chi connectivity index (χ1n) is 8.62. The summed E-state index contributed by atoms with van der Waals surface area (Å²) in [6, 6.07) is 3.56. The minimum absolute atomic E-state index is 0.339. The van der Waals surface area contributed by atoms with Crippen LogP contribution in [-0.4, -0.2) is 80.8 Å². The highest BCUT2D eigenvalue weighted by Crippen LogP contribution is 2.45. The molecular weight excluding hydrogens is 356 g/mol. The molecule has 1 saturated heterocycles. The van der Waals surface area contributed by atoms with Gasteiger partial charge >= 0.3 is 0 Å². The van der Waals surface area contributed by atoms with E-state index in [2.05, 4.69) is 0 Å². The van der Waals surface area contributed by atoms with E-state index in [1.54, 1.807) is 61.9 Å². The molecule has 0 spiro atoms. The smallest absolute Gasteiger partial charge is 0.132 e. The standard InChI is InChI=1S/C19H30O8/c1-20-10-14-16(24-5)18(25-6)19(26-7)17(27-14)15-12(22-3)8-11(21-2)9-13(15)23-4/h8-9,14,16-19H,10H2,1-7H3/t14-,16-,17+,18+,19+/m1/s1. The van der Waals surface area contributed by atoms with Gasteiger partial charge in [-0.2, -0.15) is 0 Å². The van der Waals surface area contributed by atoms with Crippen LogP contribution in [0, 0.1) is 0 Å². The summed E-state index contributed by atoms with van der Waals surface area (Å²) in [6.45, 7) is 0.339. The fourth-order valence-corrected chi connectivity index (χ4v) is 3.57. The Balaban J connectivity index is 2.57. The molecule has 8 heteroatoms. The van der Waals surface area contributed by atoms with Crippen molar-refractivity contribution < 1.29 is 37.9 Å². The van der Waals surface area contributed by atoms with Gasteiger partial charge in [0.05, 0.1) is 33.5 Å². The van der Waals surface area contributed by atoms with Crippen LogP contribution in [0.2, 0.25) is 0 Å². The molecule has 154 valence electrons. The van der Waals surface area contributed by atoms with E-state index in [9.17, 15) is 0 Å². The first kappa shape index (κ1) is 21.7. The quantitative estimate of drug-likeness (QED) is 0.637. The van der Waals surface area contributed by atoms with Crippen molar-refractivity contribution in [3.05, 3.63) is 17.7 Å². The Morgan fingerprint density at radius 2 is 1.30 bits per heavy atom. The molecule has 0 amide bonds. The summed E-state index contributed by atoms with van der Waals surface area (Å²) in [4.78, 5) is 0. The van der Waals surface area contributed by atoms with Gasteiger partial charge in [-0.3, -0.25) is 0 Å². The molecule has 0 radical (unpaired) electrons. The Morgan fingerprint density at radius 1 is 0.741 bits per heavy atom. The maximum absolute atomic E-state index is 6.35. The SMILES string of the molecule is COC[C@H]1O[C@@H](c2c(OC)cc(OC)cc2OC)[C@H](OC)[C@@H](OC)[C@@H]1OC. The molecule has 0 saturated carbocycles. The number of rotatable bonds is 9. The molecule has 2 rings (SSSR count). The van der Waals surface area contributed by atoms with Crippen LogP contribution in [-0.2, 0) is 23.7 Å². The second-order valence-electron chi connectivity index (χ2n) is 6.10. The molecular formula is C19H30O8. The molecule has 1 aromatic carbocycles. The summed E-state index contributed by atoms with van der Waals surface area (Å²) < 4.78 is 45.3. The van der Waals surface area contributed by atoms with E-state index in [-0.39, 0.29) is 18.3 Å². The fraction of sp³-hybridized carbons (Fsp3) is 0.684. The first-order chi connectivity index (χ1) is 13.1. The monoisotopic (exact) mass is 386 g/mol. The van der Waals surface area contributed by atoms with Gasteiger partial charge in [-0.1, -0.05) is 0 Å². The van der Waals surface area contributed by atoms with Crippen molar-refractivity contribution in [1.82, 2.24) is 0 Å². The number of benzene rings is 1. The normalized spacial score (nSPS) is 28.0. The van der Waals surface area contributed by atoms with E-state index in [0.29, 0.717) is 29.4 Å². The Morgan fingerprint density at radius 3 is 1.70 bits per heavy atom.